The van der Waals surface area contributed by atoms with Crippen LogP contribution in [0.15, 0.2) is 18.2 Å². The Balaban J connectivity index is 2.46. The number of hydrogen-bond acceptors (Lipinski definition) is 1. The van der Waals surface area contributed by atoms with Gasteiger partial charge in [-0.15, -0.1) is 0 Å². The normalized spacial score (nSPS) is 13.1. The zero-order valence-electron chi connectivity index (χ0n) is 11.3. The van der Waals surface area contributed by atoms with Gasteiger partial charge in [0.2, 0.25) is 0 Å². The minimum atomic E-state index is 0.741. The maximum absolute atomic E-state index is 3.55. The molecule has 1 aromatic rings. The number of benzene rings is 1. The first-order valence-electron chi connectivity index (χ1n) is 6.28. The van der Waals surface area contributed by atoms with Crippen LogP contribution in [0.3, 0.4) is 0 Å². The summed E-state index contributed by atoms with van der Waals surface area (Å²) in [7, 11) is 0. The van der Waals surface area contributed by atoms with Crippen molar-refractivity contribution in [3.8, 4) is 0 Å². The highest BCUT2D eigenvalue weighted by atomic mass is 14.9. The Morgan fingerprint density at radius 2 is 1.81 bits per heavy atom. The molecule has 0 bridgehead atoms. The second-order valence-corrected chi connectivity index (χ2v) is 5.21. The molecule has 0 spiro atoms. The van der Waals surface area contributed by atoms with E-state index in [0.717, 1.165) is 24.9 Å². The third-order valence-corrected chi connectivity index (χ3v) is 3.64. The van der Waals surface area contributed by atoms with Gasteiger partial charge in [0.15, 0.2) is 0 Å². The molecular formula is C15H25N. The molecule has 0 saturated carbocycles. The van der Waals surface area contributed by atoms with Gasteiger partial charge in [-0.3, -0.25) is 0 Å². The van der Waals surface area contributed by atoms with Crippen LogP contribution in [0.1, 0.15) is 37.5 Å². The summed E-state index contributed by atoms with van der Waals surface area (Å²) >= 11 is 0. The smallest absolute Gasteiger partial charge is 0.0208 e. The highest BCUT2D eigenvalue weighted by molar-refractivity contribution is 5.32. The van der Waals surface area contributed by atoms with Crippen LogP contribution in [0.5, 0.6) is 0 Å². The van der Waals surface area contributed by atoms with Crippen molar-refractivity contribution in [2.75, 3.05) is 6.54 Å². The second kappa shape index (κ2) is 6.05. The van der Waals surface area contributed by atoms with E-state index >= 15 is 0 Å². The van der Waals surface area contributed by atoms with E-state index < -0.39 is 0 Å². The first kappa shape index (κ1) is 13.2. The monoisotopic (exact) mass is 219 g/mol. The number of nitrogens with one attached hydrogen (secondary N) is 1. The summed E-state index contributed by atoms with van der Waals surface area (Å²) in [6.07, 6.45) is 0. The Hall–Kier alpha value is -0.820. The van der Waals surface area contributed by atoms with Crippen LogP contribution in [0.25, 0.3) is 0 Å². The van der Waals surface area contributed by atoms with E-state index in [-0.39, 0.29) is 0 Å². The summed E-state index contributed by atoms with van der Waals surface area (Å²) in [6, 6.07) is 6.54. The molecule has 0 amide bonds. The van der Waals surface area contributed by atoms with Crippen molar-refractivity contribution >= 4 is 0 Å². The lowest BCUT2D eigenvalue weighted by atomic mass is 9.98. The molecule has 0 fully saturated rings. The third-order valence-electron chi connectivity index (χ3n) is 3.64. The van der Waals surface area contributed by atoms with E-state index in [1.54, 1.807) is 0 Å². The fourth-order valence-electron chi connectivity index (χ4n) is 1.67. The Kier molecular flexibility index (Phi) is 5.01. The highest BCUT2D eigenvalue weighted by Crippen LogP contribution is 2.13. The van der Waals surface area contributed by atoms with Crippen molar-refractivity contribution in [3.63, 3.8) is 0 Å². The fraction of sp³-hybridized carbons (Fsp3) is 0.600. The molecule has 0 aliphatic carbocycles. The molecule has 0 heterocycles. The average molecular weight is 219 g/mol. The van der Waals surface area contributed by atoms with Gasteiger partial charge in [0.1, 0.15) is 0 Å². The molecule has 0 radical (unpaired) electrons. The Morgan fingerprint density at radius 3 is 2.44 bits per heavy atom. The molecule has 90 valence electrons. The van der Waals surface area contributed by atoms with Crippen LogP contribution >= 0.6 is 0 Å². The number of rotatable bonds is 5. The van der Waals surface area contributed by atoms with Crippen molar-refractivity contribution in [1.82, 2.24) is 5.32 Å². The van der Waals surface area contributed by atoms with Gasteiger partial charge in [-0.1, -0.05) is 39.0 Å². The van der Waals surface area contributed by atoms with E-state index in [4.69, 9.17) is 0 Å². The number of hydrogen-bond donors (Lipinski definition) is 1. The summed E-state index contributed by atoms with van der Waals surface area (Å²) in [5.41, 5.74) is 4.24. The predicted octanol–water partition coefficient (Wildman–Crippen LogP) is 3.69. The molecule has 1 nitrogen and oxygen atoms in total. The molecule has 1 rings (SSSR count). The molecule has 1 aromatic carbocycles. The van der Waals surface area contributed by atoms with Crippen LogP contribution < -0.4 is 5.32 Å². The molecule has 0 aromatic heterocycles. The SMILES string of the molecule is Cc1cccc(CNCC(C)C(C)C)c1C. The maximum Gasteiger partial charge on any atom is 0.0208 e. The van der Waals surface area contributed by atoms with Gasteiger partial charge in [-0.25, -0.2) is 0 Å². The minimum Gasteiger partial charge on any atom is -0.312 e. The quantitative estimate of drug-likeness (QED) is 0.796. The van der Waals surface area contributed by atoms with Gasteiger partial charge in [0.25, 0.3) is 0 Å². The summed E-state index contributed by atoms with van der Waals surface area (Å²) in [5.74, 6) is 1.50. The van der Waals surface area contributed by atoms with Gasteiger partial charge in [-0.05, 0) is 48.9 Å². The zero-order valence-corrected chi connectivity index (χ0v) is 11.3. The van der Waals surface area contributed by atoms with Crippen LogP contribution in [-0.2, 0) is 6.54 Å². The van der Waals surface area contributed by atoms with Crippen LogP contribution in [-0.4, -0.2) is 6.54 Å². The molecule has 0 aliphatic rings. The van der Waals surface area contributed by atoms with Gasteiger partial charge >= 0.3 is 0 Å². The van der Waals surface area contributed by atoms with Gasteiger partial charge in [-0.2, -0.15) is 0 Å². The predicted molar refractivity (Wildman–Crippen MR) is 71.6 cm³/mol. The third kappa shape index (κ3) is 3.64. The van der Waals surface area contributed by atoms with Gasteiger partial charge < -0.3 is 5.32 Å². The van der Waals surface area contributed by atoms with Crippen molar-refractivity contribution in [1.29, 1.82) is 0 Å². The summed E-state index contributed by atoms with van der Waals surface area (Å²) in [4.78, 5) is 0. The molecular weight excluding hydrogens is 194 g/mol. The van der Waals surface area contributed by atoms with Gasteiger partial charge in [0.05, 0.1) is 0 Å². The van der Waals surface area contributed by atoms with E-state index in [2.05, 4.69) is 58.1 Å². The van der Waals surface area contributed by atoms with E-state index in [9.17, 15) is 0 Å². The first-order valence-corrected chi connectivity index (χ1v) is 6.28. The standard InChI is InChI=1S/C15H25N/c1-11(2)13(4)9-16-10-15-8-6-7-12(3)14(15)5/h6-8,11,13,16H,9-10H2,1-5H3. The topological polar surface area (TPSA) is 12.0 Å². The van der Waals surface area contributed by atoms with E-state index in [1.807, 2.05) is 0 Å². The largest absolute Gasteiger partial charge is 0.312 e. The Bertz CT molecular complexity index is 328. The maximum atomic E-state index is 3.55. The fourth-order valence-corrected chi connectivity index (χ4v) is 1.67. The van der Waals surface area contributed by atoms with Crippen molar-refractivity contribution < 1.29 is 0 Å². The lowest BCUT2D eigenvalue weighted by Crippen LogP contribution is -2.24. The molecule has 1 atom stereocenters. The zero-order chi connectivity index (χ0) is 12.1. The van der Waals surface area contributed by atoms with E-state index in [1.165, 1.54) is 16.7 Å². The summed E-state index contributed by atoms with van der Waals surface area (Å²) in [6.45, 7) is 13.3. The second-order valence-electron chi connectivity index (χ2n) is 5.21. The lowest BCUT2D eigenvalue weighted by Gasteiger charge is -2.17. The summed E-state index contributed by atoms with van der Waals surface area (Å²) in [5, 5.41) is 3.55. The van der Waals surface area contributed by atoms with Crippen LogP contribution in [0, 0.1) is 25.7 Å². The van der Waals surface area contributed by atoms with Crippen molar-refractivity contribution in [2.24, 2.45) is 11.8 Å². The van der Waals surface area contributed by atoms with Crippen LogP contribution in [0.4, 0.5) is 0 Å². The molecule has 16 heavy (non-hydrogen) atoms. The van der Waals surface area contributed by atoms with Crippen LogP contribution in [0.2, 0.25) is 0 Å². The molecule has 1 unspecified atom stereocenters. The molecule has 0 saturated heterocycles. The minimum absolute atomic E-state index is 0.741. The molecule has 0 aliphatic heterocycles. The lowest BCUT2D eigenvalue weighted by molar-refractivity contribution is 0.392. The van der Waals surface area contributed by atoms with E-state index in [0.29, 0.717) is 0 Å². The van der Waals surface area contributed by atoms with Crippen molar-refractivity contribution in [3.05, 3.63) is 34.9 Å². The Labute approximate surface area is 100 Å². The first-order chi connectivity index (χ1) is 7.52. The highest BCUT2D eigenvalue weighted by Gasteiger charge is 2.06. The van der Waals surface area contributed by atoms with Crippen molar-refractivity contribution in [2.45, 2.75) is 41.2 Å². The van der Waals surface area contributed by atoms with Gasteiger partial charge in [0, 0.05) is 6.54 Å². The summed E-state index contributed by atoms with van der Waals surface area (Å²) < 4.78 is 0. The molecule has 1 N–H and O–H groups in total. The average Bonchev–Trinajstić information content (AvgIpc) is 2.24. The Morgan fingerprint density at radius 1 is 1.12 bits per heavy atom. The number of aryl methyl sites for hydroxylation is 1. The molecule has 1 heteroatoms.